The third-order valence-corrected chi connectivity index (χ3v) is 6.33. The summed E-state index contributed by atoms with van der Waals surface area (Å²) in [5, 5.41) is 3.61. The number of fused-ring (bicyclic) bond motifs is 1. The van der Waals surface area contributed by atoms with Crippen LogP contribution in [0.1, 0.15) is 33.1 Å². The number of ether oxygens (including phenoxy) is 1. The summed E-state index contributed by atoms with van der Waals surface area (Å²) in [7, 11) is 1.70. The molecule has 3 rings (SSSR count). The minimum absolute atomic E-state index is 0.0195. The van der Waals surface area contributed by atoms with E-state index in [4.69, 9.17) is 4.74 Å². The van der Waals surface area contributed by atoms with Crippen molar-refractivity contribution in [2.75, 3.05) is 13.7 Å². The van der Waals surface area contributed by atoms with Crippen LogP contribution in [0.2, 0.25) is 0 Å². The Bertz CT molecular complexity index is 782. The molecule has 1 N–H and O–H groups in total. The quantitative estimate of drug-likeness (QED) is 0.549. The number of aromatic nitrogens is 1. The summed E-state index contributed by atoms with van der Waals surface area (Å²) in [5.41, 5.74) is 2.47. The molecule has 0 saturated carbocycles. The first-order valence-corrected chi connectivity index (χ1v) is 8.69. The average Bonchev–Trinajstić information content (AvgIpc) is 3.10. The number of rotatable bonds is 5. The number of para-hydroxylation sites is 1. The van der Waals surface area contributed by atoms with Gasteiger partial charge < -0.3 is 9.72 Å². The Balaban J connectivity index is 1.95. The minimum atomic E-state index is -0.0195. The molecule has 114 valence electrons. The van der Waals surface area contributed by atoms with E-state index in [0.717, 1.165) is 21.3 Å². The Morgan fingerprint density at radius 3 is 2.82 bits per heavy atom. The van der Waals surface area contributed by atoms with E-state index in [1.165, 1.54) is 0 Å². The van der Waals surface area contributed by atoms with Crippen LogP contribution in [0.5, 0.6) is 0 Å². The lowest BCUT2D eigenvalue weighted by Gasteiger charge is -2.02. The van der Waals surface area contributed by atoms with Crippen molar-refractivity contribution in [3.05, 3.63) is 57.9 Å². The van der Waals surface area contributed by atoms with E-state index in [0.29, 0.717) is 17.6 Å². The van der Waals surface area contributed by atoms with Crippen molar-refractivity contribution in [2.24, 2.45) is 0 Å². The normalized spacial score (nSPS) is 13.5. The van der Waals surface area contributed by atoms with Crippen molar-refractivity contribution in [3.8, 4) is 0 Å². The zero-order valence-corrected chi connectivity index (χ0v) is 13.9. The number of methoxy groups -OCH3 is 1. The first kappa shape index (κ1) is 15.0. The highest BCUT2D eigenvalue weighted by Gasteiger charge is 2.26. The van der Waals surface area contributed by atoms with E-state index in [2.05, 4.69) is 24.2 Å². The highest BCUT2D eigenvalue weighted by atomic mass is 32.2. The summed E-state index contributed by atoms with van der Waals surface area (Å²) in [5.74, 6) is 0.0737. The van der Waals surface area contributed by atoms with Gasteiger partial charge in [0.1, 0.15) is 5.38 Å². The van der Waals surface area contributed by atoms with E-state index in [1.54, 1.807) is 7.11 Å². The van der Waals surface area contributed by atoms with Crippen LogP contribution in [-0.4, -0.2) is 24.5 Å². The largest absolute Gasteiger partial charge is 0.379 e. The van der Waals surface area contributed by atoms with Crippen LogP contribution in [0.25, 0.3) is 10.9 Å². The number of benzene rings is 1. The highest BCUT2D eigenvalue weighted by Crippen LogP contribution is 2.38. The SMILES string of the molecule is COCC(C)[s+]1ccc(C(=O)c2cc3ccccc3[nH]2)c1C. The molecule has 2 heterocycles. The maximum absolute atomic E-state index is 12.8. The van der Waals surface area contributed by atoms with Crippen LogP contribution in [0.3, 0.4) is 0 Å². The number of nitrogens with one attached hydrogen (secondary N) is 1. The van der Waals surface area contributed by atoms with Crippen molar-refractivity contribution in [2.45, 2.75) is 19.1 Å². The molecule has 4 heteroatoms. The van der Waals surface area contributed by atoms with E-state index in [9.17, 15) is 4.79 Å². The van der Waals surface area contributed by atoms with E-state index >= 15 is 0 Å². The lowest BCUT2D eigenvalue weighted by Crippen LogP contribution is -2.02. The number of carbonyl (C=O) groups excluding carboxylic acids is 1. The number of carbonyl (C=O) groups is 1. The van der Waals surface area contributed by atoms with Crippen molar-refractivity contribution in [1.82, 2.24) is 4.98 Å². The number of H-pyrrole nitrogens is 1. The second-order valence-electron chi connectivity index (χ2n) is 5.51. The van der Waals surface area contributed by atoms with Crippen molar-refractivity contribution >= 4 is 27.2 Å². The van der Waals surface area contributed by atoms with Crippen LogP contribution >= 0.6 is 10.5 Å². The standard InChI is InChI=1S/C18H19NO2S/c1-12(11-21-3)22-9-8-15(13(22)2)18(20)17-10-14-6-4-5-7-16(14)19-17/h4-10,12H,11H2,1-3H3/p+1. The fraction of sp³-hybridized carbons (Fsp3) is 0.278. The first-order valence-electron chi connectivity index (χ1n) is 7.34. The molecule has 0 aliphatic rings. The zero-order chi connectivity index (χ0) is 15.7. The topological polar surface area (TPSA) is 42.1 Å². The summed E-state index contributed by atoms with van der Waals surface area (Å²) in [6.07, 6.45) is 0. The van der Waals surface area contributed by atoms with Gasteiger partial charge in [-0.1, -0.05) is 18.2 Å². The summed E-state index contributed by atoms with van der Waals surface area (Å²) in [4.78, 5) is 17.2. The molecule has 2 unspecified atom stereocenters. The number of ketones is 1. The predicted molar refractivity (Wildman–Crippen MR) is 92.0 cm³/mol. The second kappa shape index (κ2) is 6.07. The fourth-order valence-corrected chi connectivity index (χ4v) is 4.86. The van der Waals surface area contributed by atoms with Crippen LogP contribution in [-0.2, 0) is 4.74 Å². The third kappa shape index (κ3) is 2.60. The fourth-order valence-electron chi connectivity index (χ4n) is 2.81. The number of thiophene rings is 1. The average molecular weight is 314 g/mol. The van der Waals surface area contributed by atoms with Gasteiger partial charge in [0, 0.05) is 31.0 Å². The molecular formula is C18H20NO2S+. The van der Waals surface area contributed by atoms with E-state index in [1.807, 2.05) is 36.4 Å². The second-order valence-corrected chi connectivity index (χ2v) is 7.94. The van der Waals surface area contributed by atoms with Gasteiger partial charge in [-0.05, 0) is 29.5 Å². The molecule has 0 aliphatic heterocycles. The molecule has 22 heavy (non-hydrogen) atoms. The van der Waals surface area contributed by atoms with Crippen LogP contribution in [0, 0.1) is 6.92 Å². The van der Waals surface area contributed by atoms with Gasteiger partial charge in [-0.15, -0.1) is 0 Å². The molecule has 0 bridgehead atoms. The number of hydrogen-bond donors (Lipinski definition) is 1. The molecule has 2 atom stereocenters. The molecular weight excluding hydrogens is 294 g/mol. The Kier molecular flexibility index (Phi) is 4.14. The minimum Gasteiger partial charge on any atom is -0.379 e. The summed E-state index contributed by atoms with van der Waals surface area (Å²) < 4.78 is 5.24. The van der Waals surface area contributed by atoms with Crippen LogP contribution < -0.4 is 0 Å². The number of hydrogen-bond acceptors (Lipinski definition) is 2. The molecule has 0 aliphatic carbocycles. The maximum Gasteiger partial charge on any atom is 0.214 e. The van der Waals surface area contributed by atoms with Crippen LogP contribution in [0.4, 0.5) is 0 Å². The maximum atomic E-state index is 12.8. The molecule has 0 saturated heterocycles. The Morgan fingerprint density at radius 1 is 1.32 bits per heavy atom. The summed E-state index contributed by atoms with van der Waals surface area (Å²) >= 11 is 0. The molecule has 3 nitrogen and oxygen atoms in total. The van der Waals surface area contributed by atoms with E-state index < -0.39 is 0 Å². The van der Waals surface area contributed by atoms with Gasteiger partial charge in [0.2, 0.25) is 5.78 Å². The first-order chi connectivity index (χ1) is 10.6. The molecule has 0 spiro atoms. The van der Waals surface area contributed by atoms with Crippen molar-refractivity contribution in [1.29, 1.82) is 0 Å². The van der Waals surface area contributed by atoms with Gasteiger partial charge in [-0.25, -0.2) is 0 Å². The molecule has 1 aromatic carbocycles. The van der Waals surface area contributed by atoms with Crippen molar-refractivity contribution < 1.29 is 9.53 Å². The van der Waals surface area contributed by atoms with E-state index in [-0.39, 0.29) is 16.3 Å². The highest BCUT2D eigenvalue weighted by molar-refractivity contribution is 7.30. The van der Waals surface area contributed by atoms with Gasteiger partial charge in [0.05, 0.1) is 17.9 Å². The molecule has 3 aromatic rings. The molecule has 0 amide bonds. The van der Waals surface area contributed by atoms with Gasteiger partial charge in [0.25, 0.3) is 0 Å². The summed E-state index contributed by atoms with van der Waals surface area (Å²) in [6, 6.07) is 11.9. The molecule has 0 fully saturated rings. The van der Waals surface area contributed by atoms with Crippen LogP contribution in [0.15, 0.2) is 41.8 Å². The van der Waals surface area contributed by atoms with Gasteiger partial charge in [-0.3, -0.25) is 4.79 Å². The molecule has 0 radical (unpaired) electrons. The lowest BCUT2D eigenvalue weighted by atomic mass is 10.1. The third-order valence-electron chi connectivity index (χ3n) is 3.97. The smallest absolute Gasteiger partial charge is 0.214 e. The lowest BCUT2D eigenvalue weighted by molar-refractivity contribution is 0.103. The Morgan fingerprint density at radius 2 is 2.09 bits per heavy atom. The predicted octanol–water partition coefficient (Wildman–Crippen LogP) is 4.66. The Hall–Kier alpha value is -1.91. The monoisotopic (exact) mass is 314 g/mol. The number of aromatic amines is 1. The van der Waals surface area contributed by atoms with Crippen molar-refractivity contribution in [3.63, 3.8) is 0 Å². The van der Waals surface area contributed by atoms with Gasteiger partial charge >= 0.3 is 0 Å². The summed E-state index contributed by atoms with van der Waals surface area (Å²) in [6.45, 7) is 4.93. The van der Waals surface area contributed by atoms with Gasteiger partial charge in [0.15, 0.2) is 10.1 Å². The Labute approximate surface area is 132 Å². The zero-order valence-electron chi connectivity index (χ0n) is 13.1. The van der Waals surface area contributed by atoms with Gasteiger partial charge in [-0.2, -0.15) is 0 Å². The molecule has 2 aromatic heterocycles.